The van der Waals surface area contributed by atoms with E-state index in [0.717, 1.165) is 42.4 Å². The molecule has 3 aromatic carbocycles. The number of aryl methyl sites for hydroxylation is 1. The van der Waals surface area contributed by atoms with Crippen molar-refractivity contribution < 1.29 is 14.0 Å². The fourth-order valence-corrected chi connectivity index (χ4v) is 6.23. The maximum absolute atomic E-state index is 14.3. The van der Waals surface area contributed by atoms with Crippen LogP contribution in [0.3, 0.4) is 0 Å². The Morgan fingerprint density at radius 1 is 0.974 bits per heavy atom. The summed E-state index contributed by atoms with van der Waals surface area (Å²) in [6.45, 7) is 2.34. The number of benzene rings is 3. The van der Waals surface area contributed by atoms with Crippen LogP contribution in [0, 0.1) is 12.7 Å². The third-order valence-corrected chi connectivity index (χ3v) is 8.53. The lowest BCUT2D eigenvalue weighted by molar-refractivity contribution is -0.139. The second-order valence-electron chi connectivity index (χ2n) is 10.2. The van der Waals surface area contributed by atoms with Crippen molar-refractivity contribution in [2.24, 2.45) is 0 Å². The van der Waals surface area contributed by atoms with Gasteiger partial charge in [-0.2, -0.15) is 0 Å². The quantitative estimate of drug-likeness (QED) is 0.269. The van der Waals surface area contributed by atoms with Crippen LogP contribution < -0.4 is 5.32 Å². The number of carbonyl (C=O) groups is 2. The number of hydrogen-bond acceptors (Lipinski definition) is 3. The average Bonchev–Trinajstić information content (AvgIpc) is 2.94. The zero-order chi connectivity index (χ0) is 27.6. The van der Waals surface area contributed by atoms with Crippen molar-refractivity contribution in [2.75, 3.05) is 5.75 Å². The van der Waals surface area contributed by atoms with E-state index in [1.807, 2.05) is 61.5 Å². The number of thioether (sulfide) groups is 1. The van der Waals surface area contributed by atoms with Crippen LogP contribution in [-0.2, 0) is 28.3 Å². The molecule has 1 aliphatic carbocycles. The summed E-state index contributed by atoms with van der Waals surface area (Å²) in [5.74, 6) is -0.278. The number of hydrogen-bond donors (Lipinski definition) is 1. The molecule has 7 heteroatoms. The normalized spacial score (nSPS) is 14.5. The lowest BCUT2D eigenvalue weighted by Crippen LogP contribution is -2.53. The van der Waals surface area contributed by atoms with E-state index < -0.39 is 6.04 Å². The van der Waals surface area contributed by atoms with E-state index >= 15 is 0 Å². The predicted octanol–water partition coefficient (Wildman–Crippen LogP) is 7.11. The summed E-state index contributed by atoms with van der Waals surface area (Å²) in [4.78, 5) is 29.3. The van der Waals surface area contributed by atoms with Crippen LogP contribution >= 0.6 is 23.4 Å². The highest BCUT2D eigenvalue weighted by Gasteiger charge is 2.32. The molecule has 0 radical (unpaired) electrons. The Kier molecular flexibility index (Phi) is 10.9. The fraction of sp³-hybridized carbons (Fsp3) is 0.375. The molecule has 2 amide bonds. The molecule has 1 aliphatic rings. The average molecular weight is 567 g/mol. The summed E-state index contributed by atoms with van der Waals surface area (Å²) in [5.41, 5.74) is 3.47. The SMILES string of the molecule is Cc1ccc(CN(C(=O)CSCc2c(F)cccc2Cl)[C@H](Cc2ccccc2)C(=O)NC2CCCCC2)cc1. The first-order valence-electron chi connectivity index (χ1n) is 13.6. The van der Waals surface area contributed by atoms with Crippen molar-refractivity contribution in [2.45, 2.75) is 69.8 Å². The van der Waals surface area contributed by atoms with E-state index in [1.54, 1.807) is 17.0 Å². The summed E-state index contributed by atoms with van der Waals surface area (Å²) in [5, 5.41) is 3.61. The molecular weight excluding hydrogens is 531 g/mol. The van der Waals surface area contributed by atoms with E-state index in [2.05, 4.69) is 5.32 Å². The van der Waals surface area contributed by atoms with Gasteiger partial charge in [-0.25, -0.2) is 4.39 Å². The van der Waals surface area contributed by atoms with Gasteiger partial charge < -0.3 is 10.2 Å². The number of carbonyl (C=O) groups excluding carboxylic acids is 2. The number of halogens is 2. The number of rotatable bonds is 11. The van der Waals surface area contributed by atoms with Gasteiger partial charge in [0.2, 0.25) is 11.8 Å². The van der Waals surface area contributed by atoms with Gasteiger partial charge in [0.15, 0.2) is 0 Å². The lowest BCUT2D eigenvalue weighted by Gasteiger charge is -2.33. The van der Waals surface area contributed by atoms with E-state index in [9.17, 15) is 14.0 Å². The van der Waals surface area contributed by atoms with Gasteiger partial charge in [-0.3, -0.25) is 9.59 Å². The molecule has 0 saturated heterocycles. The highest BCUT2D eigenvalue weighted by atomic mass is 35.5. The number of amides is 2. The van der Waals surface area contributed by atoms with E-state index in [1.165, 1.54) is 24.2 Å². The molecule has 3 aromatic rings. The summed E-state index contributed by atoms with van der Waals surface area (Å²) < 4.78 is 14.3. The van der Waals surface area contributed by atoms with Crippen LogP contribution in [0.2, 0.25) is 5.02 Å². The third-order valence-electron chi connectivity index (χ3n) is 7.23. The highest BCUT2D eigenvalue weighted by Crippen LogP contribution is 2.25. The molecule has 1 atom stereocenters. The Morgan fingerprint density at radius 2 is 1.69 bits per heavy atom. The molecule has 4 nitrogen and oxygen atoms in total. The zero-order valence-corrected chi connectivity index (χ0v) is 23.9. The Bertz CT molecular complexity index is 1210. The Morgan fingerprint density at radius 3 is 2.38 bits per heavy atom. The van der Waals surface area contributed by atoms with Crippen molar-refractivity contribution in [1.29, 1.82) is 0 Å². The monoisotopic (exact) mass is 566 g/mol. The second kappa shape index (κ2) is 14.5. The van der Waals surface area contributed by atoms with Crippen molar-refractivity contribution in [1.82, 2.24) is 10.2 Å². The van der Waals surface area contributed by atoms with Gasteiger partial charge in [0.05, 0.1) is 5.75 Å². The Hall–Kier alpha value is -2.83. The maximum atomic E-state index is 14.3. The summed E-state index contributed by atoms with van der Waals surface area (Å²) in [6.07, 6.45) is 5.76. The molecule has 4 rings (SSSR count). The van der Waals surface area contributed by atoms with Crippen LogP contribution in [0.25, 0.3) is 0 Å². The van der Waals surface area contributed by atoms with E-state index in [0.29, 0.717) is 23.6 Å². The van der Waals surface area contributed by atoms with Gasteiger partial charge >= 0.3 is 0 Å². The maximum Gasteiger partial charge on any atom is 0.243 e. The first-order valence-corrected chi connectivity index (χ1v) is 15.1. The second-order valence-corrected chi connectivity index (χ2v) is 11.6. The molecule has 0 spiro atoms. The minimum atomic E-state index is -0.666. The fourth-order valence-electron chi connectivity index (χ4n) is 4.98. The van der Waals surface area contributed by atoms with Crippen LogP contribution in [0.1, 0.15) is 54.4 Å². The summed E-state index contributed by atoms with van der Waals surface area (Å²) in [7, 11) is 0. The highest BCUT2D eigenvalue weighted by molar-refractivity contribution is 7.99. The van der Waals surface area contributed by atoms with Crippen LogP contribution in [0.4, 0.5) is 4.39 Å². The Balaban J connectivity index is 1.57. The largest absolute Gasteiger partial charge is 0.352 e. The zero-order valence-electron chi connectivity index (χ0n) is 22.4. The van der Waals surface area contributed by atoms with Gasteiger partial charge in [0.1, 0.15) is 11.9 Å². The first-order chi connectivity index (χ1) is 18.9. The topological polar surface area (TPSA) is 49.4 Å². The summed E-state index contributed by atoms with van der Waals surface area (Å²) >= 11 is 7.51. The lowest BCUT2D eigenvalue weighted by atomic mass is 9.94. The molecule has 0 aliphatic heterocycles. The molecule has 206 valence electrons. The van der Waals surface area contributed by atoms with Gasteiger partial charge in [0.25, 0.3) is 0 Å². The van der Waals surface area contributed by atoms with Crippen LogP contribution in [-0.4, -0.2) is 34.6 Å². The van der Waals surface area contributed by atoms with Crippen molar-refractivity contribution in [3.8, 4) is 0 Å². The van der Waals surface area contributed by atoms with E-state index in [4.69, 9.17) is 11.6 Å². The van der Waals surface area contributed by atoms with E-state index in [-0.39, 0.29) is 35.2 Å². The van der Waals surface area contributed by atoms with Crippen molar-refractivity contribution >= 4 is 35.2 Å². The van der Waals surface area contributed by atoms with Gasteiger partial charge in [-0.1, -0.05) is 97.1 Å². The minimum absolute atomic E-state index is 0.110. The van der Waals surface area contributed by atoms with Crippen LogP contribution in [0.15, 0.2) is 72.8 Å². The van der Waals surface area contributed by atoms with Gasteiger partial charge in [-0.15, -0.1) is 11.8 Å². The molecular formula is C32H36ClFN2O2S. The molecule has 0 bridgehead atoms. The standard InChI is InChI=1S/C32H36ClFN2O2S/c1-23-15-17-25(18-16-23)20-36(31(37)22-39-21-27-28(33)13-8-14-29(27)34)30(19-24-9-4-2-5-10-24)32(38)35-26-11-6-3-7-12-26/h2,4-5,8-10,13-18,26,30H,3,6-7,11-12,19-22H2,1H3,(H,35,38)/t30-/m1/s1. The van der Waals surface area contributed by atoms with Gasteiger partial charge in [-0.05, 0) is 43.0 Å². The molecule has 0 heterocycles. The molecule has 1 N–H and O–H groups in total. The Labute approximate surface area is 240 Å². The number of nitrogens with one attached hydrogen (secondary N) is 1. The van der Waals surface area contributed by atoms with Crippen LogP contribution in [0.5, 0.6) is 0 Å². The molecule has 1 fully saturated rings. The van der Waals surface area contributed by atoms with Gasteiger partial charge in [0, 0.05) is 35.3 Å². The molecule has 1 saturated carbocycles. The smallest absolute Gasteiger partial charge is 0.243 e. The molecule has 39 heavy (non-hydrogen) atoms. The van der Waals surface area contributed by atoms with Crippen molar-refractivity contribution in [3.05, 3.63) is 106 Å². The third kappa shape index (κ3) is 8.58. The predicted molar refractivity (Wildman–Crippen MR) is 158 cm³/mol. The number of nitrogens with zero attached hydrogens (tertiary/aromatic N) is 1. The molecule has 0 unspecified atom stereocenters. The molecule has 0 aromatic heterocycles. The van der Waals surface area contributed by atoms with Crippen molar-refractivity contribution in [3.63, 3.8) is 0 Å². The minimum Gasteiger partial charge on any atom is -0.352 e. The first kappa shape index (κ1) is 29.2. The summed E-state index contributed by atoms with van der Waals surface area (Å²) in [6, 6.07) is 21.9.